The third kappa shape index (κ3) is 4.37. The first-order chi connectivity index (χ1) is 15.0. The number of nitrogens with zero attached hydrogens (tertiary/aromatic N) is 2. The molecule has 0 aliphatic carbocycles. The van der Waals surface area contributed by atoms with E-state index in [1.54, 1.807) is 30.3 Å². The minimum absolute atomic E-state index is 0.159. The molecule has 0 atom stereocenters. The fraction of sp³-hybridized carbons (Fsp3) is 0.280. The van der Waals surface area contributed by atoms with Gasteiger partial charge in [0.05, 0.1) is 5.57 Å². The van der Waals surface area contributed by atoms with E-state index in [1.165, 1.54) is 23.4 Å². The Morgan fingerprint density at radius 2 is 1.68 bits per heavy atom. The maximum atomic E-state index is 13.0. The quantitative estimate of drug-likeness (QED) is 0.515. The van der Waals surface area contributed by atoms with Gasteiger partial charge in [0.25, 0.3) is 11.8 Å². The number of benzene rings is 2. The van der Waals surface area contributed by atoms with Gasteiger partial charge in [-0.3, -0.25) is 14.5 Å². The average molecular weight is 436 g/mol. The lowest BCUT2D eigenvalue weighted by molar-refractivity contribution is -0.136. The third-order valence-electron chi connectivity index (χ3n) is 5.90. The first-order valence-electron chi connectivity index (χ1n) is 10.6. The van der Waals surface area contributed by atoms with Crippen LogP contribution in [0.3, 0.4) is 0 Å². The molecule has 0 spiro atoms. The van der Waals surface area contributed by atoms with E-state index in [0.717, 1.165) is 24.7 Å². The molecule has 2 aromatic carbocycles. The predicted octanol–water partition coefficient (Wildman–Crippen LogP) is 4.95. The summed E-state index contributed by atoms with van der Waals surface area (Å²) in [5.41, 5.74) is 3.20. The van der Waals surface area contributed by atoms with Crippen LogP contribution < -0.4 is 10.2 Å². The molecule has 2 aromatic rings. The summed E-state index contributed by atoms with van der Waals surface area (Å²) in [6, 6.07) is 15.0. The van der Waals surface area contributed by atoms with Crippen LogP contribution in [-0.2, 0) is 9.59 Å². The van der Waals surface area contributed by atoms with Gasteiger partial charge in [-0.25, -0.2) is 0 Å². The largest absolute Gasteiger partial charge is 0.372 e. The zero-order valence-corrected chi connectivity index (χ0v) is 18.4. The maximum absolute atomic E-state index is 13.0. The Morgan fingerprint density at radius 3 is 2.29 bits per heavy atom. The molecule has 0 aromatic heterocycles. The lowest BCUT2D eigenvalue weighted by Crippen LogP contribution is -2.32. The normalized spacial score (nSPS) is 17.5. The van der Waals surface area contributed by atoms with Gasteiger partial charge in [0.1, 0.15) is 5.70 Å². The summed E-state index contributed by atoms with van der Waals surface area (Å²) < 4.78 is 0. The maximum Gasteiger partial charge on any atom is 0.278 e. The van der Waals surface area contributed by atoms with Crippen molar-refractivity contribution in [3.8, 4) is 0 Å². The van der Waals surface area contributed by atoms with Crippen LogP contribution in [0.1, 0.15) is 25.3 Å². The van der Waals surface area contributed by atoms with E-state index in [4.69, 9.17) is 11.6 Å². The topological polar surface area (TPSA) is 52.7 Å². The molecule has 2 aliphatic rings. The zero-order chi connectivity index (χ0) is 22.0. The minimum Gasteiger partial charge on any atom is -0.372 e. The number of piperidine rings is 1. The number of halogens is 1. The molecule has 2 aliphatic heterocycles. The summed E-state index contributed by atoms with van der Waals surface area (Å²) in [4.78, 5) is 29.6. The summed E-state index contributed by atoms with van der Waals surface area (Å²) in [5, 5.41) is 3.76. The van der Waals surface area contributed by atoms with Crippen LogP contribution in [0.5, 0.6) is 0 Å². The van der Waals surface area contributed by atoms with Crippen LogP contribution in [0.15, 0.2) is 66.9 Å². The van der Waals surface area contributed by atoms with E-state index in [1.807, 2.05) is 12.1 Å². The lowest BCUT2D eigenvalue weighted by atomic mass is 9.99. The van der Waals surface area contributed by atoms with Gasteiger partial charge in [-0.15, -0.1) is 6.58 Å². The van der Waals surface area contributed by atoms with Crippen molar-refractivity contribution in [1.82, 2.24) is 4.90 Å². The van der Waals surface area contributed by atoms with Crippen LogP contribution in [0.2, 0.25) is 5.02 Å². The van der Waals surface area contributed by atoms with Crippen molar-refractivity contribution < 1.29 is 9.59 Å². The van der Waals surface area contributed by atoms with Gasteiger partial charge in [-0.1, -0.05) is 36.7 Å². The van der Waals surface area contributed by atoms with Gasteiger partial charge in [0, 0.05) is 36.0 Å². The molecule has 1 fully saturated rings. The molecule has 2 amide bonds. The fourth-order valence-electron chi connectivity index (χ4n) is 4.04. The lowest BCUT2D eigenvalue weighted by Gasteiger charge is -2.32. The standard InChI is InChI=1S/C25H26ClN3O2/c1-3-14-29-24(30)22(18-4-6-19(26)7-5-18)23(25(29)31)27-20-8-10-21(11-9-20)28-15-12-17(2)13-16-28/h3-11,17,27H,1,12-16H2,2H3. The monoisotopic (exact) mass is 435 g/mol. The number of amides is 2. The second kappa shape index (κ2) is 8.98. The highest BCUT2D eigenvalue weighted by atomic mass is 35.5. The molecule has 2 heterocycles. The Kier molecular flexibility index (Phi) is 6.14. The number of hydrogen-bond donors (Lipinski definition) is 1. The summed E-state index contributed by atoms with van der Waals surface area (Å²) in [5.74, 6) is 0.0811. The first-order valence-corrected chi connectivity index (χ1v) is 10.9. The summed E-state index contributed by atoms with van der Waals surface area (Å²) in [6.07, 6.45) is 3.95. The molecule has 160 valence electrons. The highest BCUT2D eigenvalue weighted by molar-refractivity contribution is 6.37. The average Bonchev–Trinajstić information content (AvgIpc) is 3.00. The number of carbonyl (C=O) groups excluding carboxylic acids is 2. The molecule has 4 rings (SSSR count). The minimum atomic E-state index is -0.357. The molecule has 6 heteroatoms. The van der Waals surface area contributed by atoms with Gasteiger partial charge in [0.15, 0.2) is 0 Å². The van der Waals surface area contributed by atoms with Crippen LogP contribution in [-0.4, -0.2) is 36.3 Å². The third-order valence-corrected chi connectivity index (χ3v) is 6.15. The van der Waals surface area contributed by atoms with E-state index in [-0.39, 0.29) is 24.1 Å². The van der Waals surface area contributed by atoms with Crippen molar-refractivity contribution in [1.29, 1.82) is 0 Å². The summed E-state index contributed by atoms with van der Waals surface area (Å²) >= 11 is 6.00. The SMILES string of the molecule is C=CCN1C(=O)C(Nc2ccc(N3CCC(C)CC3)cc2)=C(c2ccc(Cl)cc2)C1=O. The molecule has 0 saturated carbocycles. The van der Waals surface area contributed by atoms with Crippen LogP contribution >= 0.6 is 11.6 Å². The van der Waals surface area contributed by atoms with Gasteiger partial charge >= 0.3 is 0 Å². The fourth-order valence-corrected chi connectivity index (χ4v) is 4.16. The molecule has 0 unspecified atom stereocenters. The number of rotatable bonds is 6. The smallest absolute Gasteiger partial charge is 0.278 e. The molecule has 0 bridgehead atoms. The van der Waals surface area contributed by atoms with Gasteiger partial charge in [-0.2, -0.15) is 0 Å². The summed E-state index contributed by atoms with van der Waals surface area (Å²) in [7, 11) is 0. The van der Waals surface area contributed by atoms with E-state index in [2.05, 4.69) is 35.9 Å². The molecule has 1 N–H and O–H groups in total. The second-order valence-corrected chi connectivity index (χ2v) is 8.54. The van der Waals surface area contributed by atoms with E-state index in [0.29, 0.717) is 16.2 Å². The number of imide groups is 1. The second-order valence-electron chi connectivity index (χ2n) is 8.11. The first kappa shape index (κ1) is 21.2. The number of anilines is 2. The van der Waals surface area contributed by atoms with Gasteiger partial charge < -0.3 is 10.2 Å². The Morgan fingerprint density at radius 1 is 1.03 bits per heavy atom. The van der Waals surface area contributed by atoms with Crippen molar-refractivity contribution in [3.05, 3.63) is 77.5 Å². The molecule has 5 nitrogen and oxygen atoms in total. The Bertz CT molecular complexity index is 1020. The number of nitrogens with one attached hydrogen (secondary N) is 1. The van der Waals surface area contributed by atoms with Crippen molar-refractivity contribution >= 4 is 40.4 Å². The highest BCUT2D eigenvalue weighted by Gasteiger charge is 2.38. The van der Waals surface area contributed by atoms with E-state index >= 15 is 0 Å². The Labute approximate surface area is 188 Å². The van der Waals surface area contributed by atoms with E-state index < -0.39 is 0 Å². The van der Waals surface area contributed by atoms with Crippen molar-refractivity contribution in [2.45, 2.75) is 19.8 Å². The van der Waals surface area contributed by atoms with Crippen molar-refractivity contribution in [3.63, 3.8) is 0 Å². The summed E-state index contributed by atoms with van der Waals surface area (Å²) in [6.45, 7) is 8.24. The Hall–Kier alpha value is -3.05. The molecule has 0 radical (unpaired) electrons. The zero-order valence-electron chi connectivity index (χ0n) is 17.6. The van der Waals surface area contributed by atoms with Crippen LogP contribution in [0, 0.1) is 5.92 Å². The molecule has 1 saturated heterocycles. The highest BCUT2D eigenvalue weighted by Crippen LogP contribution is 2.32. The molecular formula is C25H26ClN3O2. The van der Waals surface area contributed by atoms with Crippen LogP contribution in [0.25, 0.3) is 5.57 Å². The van der Waals surface area contributed by atoms with Crippen LogP contribution in [0.4, 0.5) is 11.4 Å². The number of carbonyl (C=O) groups is 2. The van der Waals surface area contributed by atoms with Crippen molar-refractivity contribution in [2.75, 3.05) is 29.9 Å². The van der Waals surface area contributed by atoms with Gasteiger partial charge in [0.2, 0.25) is 0 Å². The van der Waals surface area contributed by atoms with E-state index in [9.17, 15) is 9.59 Å². The van der Waals surface area contributed by atoms with Gasteiger partial charge in [-0.05, 0) is 60.7 Å². The molecular weight excluding hydrogens is 410 g/mol. The van der Waals surface area contributed by atoms with Crippen molar-refractivity contribution in [2.24, 2.45) is 5.92 Å². The Balaban J connectivity index is 1.61. The molecule has 31 heavy (non-hydrogen) atoms. The number of hydrogen-bond acceptors (Lipinski definition) is 4. The predicted molar refractivity (Wildman–Crippen MR) is 126 cm³/mol.